The summed E-state index contributed by atoms with van der Waals surface area (Å²) in [5.74, 6) is -0.745. The number of carbonyl (C=O) groups excluding carboxylic acids is 2. The number of benzene rings is 3. The molecule has 0 fully saturated rings. The zero-order valence-corrected chi connectivity index (χ0v) is 23.6. The first kappa shape index (κ1) is 28.9. The summed E-state index contributed by atoms with van der Waals surface area (Å²) in [5.41, 5.74) is 3.90. The quantitative estimate of drug-likeness (QED) is 0.384. The van der Waals surface area contributed by atoms with Crippen LogP contribution >= 0.6 is 0 Å². The largest absolute Gasteiger partial charge is 0.354 e. The predicted octanol–water partition coefficient (Wildman–Crippen LogP) is 4.75. The fourth-order valence-corrected chi connectivity index (χ4v) is 5.66. The summed E-state index contributed by atoms with van der Waals surface area (Å²) in [5, 5.41) is 2.86. The topological polar surface area (TPSA) is 86.8 Å². The molecule has 0 aliphatic carbocycles. The van der Waals surface area contributed by atoms with Crippen molar-refractivity contribution in [3.8, 4) is 0 Å². The van der Waals surface area contributed by atoms with Gasteiger partial charge in [-0.25, -0.2) is 8.42 Å². The van der Waals surface area contributed by atoms with Gasteiger partial charge in [0.15, 0.2) is 0 Å². The van der Waals surface area contributed by atoms with Gasteiger partial charge in [0.25, 0.3) is 10.0 Å². The minimum Gasteiger partial charge on any atom is -0.354 e. The van der Waals surface area contributed by atoms with Gasteiger partial charge in [-0.05, 0) is 74.6 Å². The molecule has 0 saturated carbocycles. The maximum absolute atomic E-state index is 14.0. The molecular weight excluding hydrogens is 498 g/mol. The van der Waals surface area contributed by atoms with Crippen LogP contribution < -0.4 is 9.62 Å². The molecule has 0 radical (unpaired) electrons. The van der Waals surface area contributed by atoms with Crippen LogP contribution in [0.15, 0.2) is 77.7 Å². The summed E-state index contributed by atoms with van der Waals surface area (Å²) in [7, 11) is -4.08. The lowest BCUT2D eigenvalue weighted by atomic mass is 10.1. The minimum atomic E-state index is -4.08. The molecule has 0 aliphatic heterocycles. The fourth-order valence-electron chi connectivity index (χ4n) is 4.17. The summed E-state index contributed by atoms with van der Waals surface area (Å²) < 4.78 is 28.9. The van der Waals surface area contributed by atoms with E-state index in [4.69, 9.17) is 0 Å². The average molecular weight is 536 g/mol. The molecule has 0 saturated heterocycles. The van der Waals surface area contributed by atoms with Crippen molar-refractivity contribution in [2.75, 3.05) is 17.4 Å². The minimum absolute atomic E-state index is 0.0906. The van der Waals surface area contributed by atoms with Gasteiger partial charge in [-0.15, -0.1) is 0 Å². The molecule has 7 nitrogen and oxygen atoms in total. The standard InChI is InChI=1S/C30H37N3O4S/c1-6-18-31-30(35)25(5)32(20-26-13-11-10-12-23(26)3)29(34)21-33(28-19-22(2)16-17-24(28)4)38(36,37)27-14-8-7-9-15-27/h7-17,19,25H,6,18,20-21H2,1-5H3,(H,31,35)/t25-/m0/s1. The number of rotatable bonds is 11. The van der Waals surface area contributed by atoms with E-state index in [0.717, 1.165) is 33.0 Å². The van der Waals surface area contributed by atoms with Crippen LogP contribution in [0.4, 0.5) is 5.69 Å². The van der Waals surface area contributed by atoms with Gasteiger partial charge in [0.2, 0.25) is 11.8 Å². The van der Waals surface area contributed by atoms with Gasteiger partial charge < -0.3 is 10.2 Å². The van der Waals surface area contributed by atoms with Crippen molar-refractivity contribution in [3.05, 3.63) is 95.1 Å². The molecule has 3 aromatic rings. The fraction of sp³-hybridized carbons (Fsp3) is 0.333. The number of nitrogens with zero attached hydrogens (tertiary/aromatic N) is 2. The van der Waals surface area contributed by atoms with Crippen LogP contribution in [0.25, 0.3) is 0 Å². The Morgan fingerprint density at radius 3 is 2.21 bits per heavy atom. The van der Waals surface area contributed by atoms with E-state index in [1.54, 1.807) is 31.2 Å². The molecule has 0 bridgehead atoms. The molecule has 8 heteroatoms. The molecule has 0 spiro atoms. The number of nitrogens with one attached hydrogen (secondary N) is 1. The molecule has 3 rings (SSSR count). The molecule has 2 amide bonds. The van der Waals surface area contributed by atoms with E-state index in [2.05, 4.69) is 5.32 Å². The average Bonchev–Trinajstić information content (AvgIpc) is 2.91. The molecule has 202 valence electrons. The van der Waals surface area contributed by atoms with Gasteiger partial charge in [-0.2, -0.15) is 0 Å². The summed E-state index contributed by atoms with van der Waals surface area (Å²) in [6, 6.07) is 20.5. The van der Waals surface area contributed by atoms with Crippen LogP contribution in [-0.2, 0) is 26.2 Å². The van der Waals surface area contributed by atoms with Crippen LogP contribution in [-0.4, -0.2) is 44.3 Å². The van der Waals surface area contributed by atoms with E-state index in [1.165, 1.54) is 17.0 Å². The third kappa shape index (κ3) is 6.81. The normalized spacial score (nSPS) is 12.0. The Bertz CT molecular complexity index is 1370. The Labute approximate surface area is 226 Å². The third-order valence-electron chi connectivity index (χ3n) is 6.56. The SMILES string of the molecule is CCCNC(=O)[C@H](C)N(Cc1ccccc1C)C(=O)CN(c1cc(C)ccc1C)S(=O)(=O)c1ccccc1. The first-order chi connectivity index (χ1) is 18.1. The molecule has 38 heavy (non-hydrogen) atoms. The van der Waals surface area contributed by atoms with E-state index in [-0.39, 0.29) is 17.3 Å². The molecule has 1 N–H and O–H groups in total. The van der Waals surface area contributed by atoms with Gasteiger partial charge in [-0.1, -0.05) is 61.5 Å². The van der Waals surface area contributed by atoms with Crippen LogP contribution in [0.1, 0.15) is 42.5 Å². The highest BCUT2D eigenvalue weighted by Gasteiger charge is 2.33. The first-order valence-corrected chi connectivity index (χ1v) is 14.3. The lowest BCUT2D eigenvalue weighted by Gasteiger charge is -2.32. The second-order valence-corrected chi connectivity index (χ2v) is 11.4. The highest BCUT2D eigenvalue weighted by atomic mass is 32.2. The summed E-state index contributed by atoms with van der Waals surface area (Å²) in [4.78, 5) is 28.5. The molecule has 1 atom stereocenters. The monoisotopic (exact) mass is 535 g/mol. The van der Waals surface area contributed by atoms with Crippen molar-refractivity contribution in [2.24, 2.45) is 0 Å². The van der Waals surface area contributed by atoms with Gasteiger partial charge in [0, 0.05) is 13.1 Å². The van der Waals surface area contributed by atoms with Crippen LogP contribution in [0, 0.1) is 20.8 Å². The van der Waals surface area contributed by atoms with E-state index < -0.39 is 28.5 Å². The Balaban J connectivity index is 2.06. The van der Waals surface area contributed by atoms with Gasteiger partial charge >= 0.3 is 0 Å². The molecule has 3 aromatic carbocycles. The number of sulfonamides is 1. The molecule has 0 aliphatic rings. The molecule has 0 aromatic heterocycles. The van der Waals surface area contributed by atoms with Crippen LogP contribution in [0.2, 0.25) is 0 Å². The van der Waals surface area contributed by atoms with Gasteiger partial charge in [-0.3, -0.25) is 13.9 Å². The van der Waals surface area contributed by atoms with Crippen molar-refractivity contribution in [2.45, 2.75) is 58.5 Å². The maximum atomic E-state index is 14.0. The second kappa shape index (κ2) is 12.7. The second-order valence-electron chi connectivity index (χ2n) is 9.53. The van der Waals surface area contributed by atoms with E-state index in [1.807, 2.05) is 64.1 Å². The first-order valence-electron chi connectivity index (χ1n) is 12.8. The van der Waals surface area contributed by atoms with Crippen molar-refractivity contribution in [1.29, 1.82) is 0 Å². The lowest BCUT2D eigenvalue weighted by Crippen LogP contribution is -2.51. The van der Waals surface area contributed by atoms with Crippen molar-refractivity contribution < 1.29 is 18.0 Å². The maximum Gasteiger partial charge on any atom is 0.264 e. The lowest BCUT2D eigenvalue weighted by molar-refractivity contribution is -0.139. The third-order valence-corrected chi connectivity index (χ3v) is 8.34. The number of hydrogen-bond acceptors (Lipinski definition) is 4. The van der Waals surface area contributed by atoms with Crippen molar-refractivity contribution in [1.82, 2.24) is 10.2 Å². The number of carbonyl (C=O) groups is 2. The molecule has 0 unspecified atom stereocenters. The summed E-state index contributed by atoms with van der Waals surface area (Å²) in [6.45, 7) is 9.50. The Hall–Kier alpha value is -3.65. The van der Waals surface area contributed by atoms with Crippen LogP contribution in [0.3, 0.4) is 0 Å². The Morgan fingerprint density at radius 2 is 1.55 bits per heavy atom. The Morgan fingerprint density at radius 1 is 0.895 bits per heavy atom. The number of hydrogen-bond donors (Lipinski definition) is 1. The number of aryl methyl sites for hydroxylation is 3. The van der Waals surface area contributed by atoms with Gasteiger partial charge in [0.1, 0.15) is 12.6 Å². The predicted molar refractivity (Wildman–Crippen MR) is 151 cm³/mol. The van der Waals surface area contributed by atoms with Gasteiger partial charge in [0.05, 0.1) is 10.6 Å². The zero-order valence-electron chi connectivity index (χ0n) is 22.8. The zero-order chi connectivity index (χ0) is 27.9. The van der Waals surface area contributed by atoms with E-state index >= 15 is 0 Å². The van der Waals surface area contributed by atoms with Crippen molar-refractivity contribution in [3.63, 3.8) is 0 Å². The summed E-state index contributed by atoms with van der Waals surface area (Å²) in [6.07, 6.45) is 0.764. The molecule has 0 heterocycles. The van der Waals surface area contributed by atoms with Crippen molar-refractivity contribution >= 4 is 27.5 Å². The summed E-state index contributed by atoms with van der Waals surface area (Å²) >= 11 is 0. The smallest absolute Gasteiger partial charge is 0.264 e. The molecular formula is C30H37N3O4S. The Kier molecular flexibility index (Phi) is 9.69. The number of amides is 2. The number of anilines is 1. The van der Waals surface area contributed by atoms with Crippen LogP contribution in [0.5, 0.6) is 0 Å². The van der Waals surface area contributed by atoms with E-state index in [0.29, 0.717) is 12.2 Å². The highest BCUT2D eigenvalue weighted by molar-refractivity contribution is 7.92. The highest BCUT2D eigenvalue weighted by Crippen LogP contribution is 2.28. The van der Waals surface area contributed by atoms with E-state index in [9.17, 15) is 18.0 Å².